The van der Waals surface area contributed by atoms with Crippen LogP contribution >= 0.6 is 11.8 Å². The lowest BCUT2D eigenvalue weighted by atomic mass is 10.1. The highest BCUT2D eigenvalue weighted by atomic mass is 32.2. The number of anilines is 1. The van der Waals surface area contributed by atoms with Crippen molar-refractivity contribution in [2.75, 3.05) is 17.6 Å². The Morgan fingerprint density at radius 2 is 2.17 bits per heavy atom. The van der Waals surface area contributed by atoms with Crippen molar-refractivity contribution in [3.8, 4) is 6.07 Å². The Labute approximate surface area is 115 Å². The Balaban J connectivity index is 2.65. The minimum Gasteiger partial charge on any atom is -0.384 e. The molecule has 1 N–H and O–H groups in total. The smallest absolute Gasteiger partial charge is 0.102 e. The standard InChI is InChI=1S/C15H22N2S/c1-4-18-15-9-5-8-14(13(15)11-16)17-10-6-7-12(2)3/h5,8-9,12,17H,4,6-7,10H2,1-3H3. The third kappa shape index (κ3) is 4.62. The van der Waals surface area contributed by atoms with Crippen LogP contribution in [0.15, 0.2) is 23.1 Å². The Kier molecular flexibility index (Phi) is 6.67. The summed E-state index contributed by atoms with van der Waals surface area (Å²) in [4.78, 5) is 1.08. The van der Waals surface area contributed by atoms with E-state index in [4.69, 9.17) is 0 Å². The van der Waals surface area contributed by atoms with Crippen molar-refractivity contribution in [2.45, 2.75) is 38.5 Å². The fourth-order valence-electron chi connectivity index (χ4n) is 1.80. The first-order chi connectivity index (χ1) is 8.69. The van der Waals surface area contributed by atoms with E-state index in [-0.39, 0.29) is 0 Å². The molecule has 0 aliphatic rings. The third-order valence-corrected chi connectivity index (χ3v) is 3.65. The van der Waals surface area contributed by atoms with Crippen LogP contribution in [-0.4, -0.2) is 12.3 Å². The van der Waals surface area contributed by atoms with Gasteiger partial charge in [-0.15, -0.1) is 11.8 Å². The fraction of sp³-hybridized carbons (Fsp3) is 0.533. The summed E-state index contributed by atoms with van der Waals surface area (Å²) in [5, 5.41) is 12.6. The van der Waals surface area contributed by atoms with E-state index in [0.29, 0.717) is 0 Å². The van der Waals surface area contributed by atoms with E-state index in [0.717, 1.165) is 40.8 Å². The molecule has 0 heterocycles. The van der Waals surface area contributed by atoms with Crippen molar-refractivity contribution >= 4 is 17.4 Å². The van der Waals surface area contributed by atoms with Crippen molar-refractivity contribution in [3.05, 3.63) is 23.8 Å². The second-order valence-corrected chi connectivity index (χ2v) is 5.99. The average molecular weight is 262 g/mol. The molecule has 0 aliphatic heterocycles. The van der Waals surface area contributed by atoms with Crippen LogP contribution in [0, 0.1) is 17.2 Å². The molecule has 1 rings (SSSR count). The van der Waals surface area contributed by atoms with E-state index < -0.39 is 0 Å². The van der Waals surface area contributed by atoms with Gasteiger partial charge < -0.3 is 5.32 Å². The van der Waals surface area contributed by atoms with Gasteiger partial charge in [-0.05, 0) is 36.6 Å². The highest BCUT2D eigenvalue weighted by molar-refractivity contribution is 7.99. The number of nitrogens with zero attached hydrogens (tertiary/aromatic N) is 1. The van der Waals surface area contributed by atoms with Gasteiger partial charge in [0, 0.05) is 11.4 Å². The molecular formula is C15H22N2S. The molecule has 0 atom stereocenters. The van der Waals surface area contributed by atoms with Gasteiger partial charge in [-0.25, -0.2) is 0 Å². The van der Waals surface area contributed by atoms with Gasteiger partial charge in [-0.2, -0.15) is 5.26 Å². The summed E-state index contributed by atoms with van der Waals surface area (Å²) in [6, 6.07) is 8.35. The maximum atomic E-state index is 9.27. The predicted octanol–water partition coefficient (Wildman–Crippen LogP) is 4.52. The lowest BCUT2D eigenvalue weighted by Gasteiger charge is -2.11. The molecule has 18 heavy (non-hydrogen) atoms. The van der Waals surface area contributed by atoms with Gasteiger partial charge >= 0.3 is 0 Å². The quantitative estimate of drug-likeness (QED) is 0.580. The second-order valence-electron chi connectivity index (χ2n) is 4.69. The molecule has 0 bridgehead atoms. The van der Waals surface area contributed by atoms with Gasteiger partial charge in [0.05, 0.1) is 11.3 Å². The molecule has 0 amide bonds. The van der Waals surface area contributed by atoms with Crippen molar-refractivity contribution in [1.29, 1.82) is 5.26 Å². The largest absolute Gasteiger partial charge is 0.384 e. The molecule has 1 aromatic rings. The van der Waals surface area contributed by atoms with Crippen LogP contribution in [0.4, 0.5) is 5.69 Å². The van der Waals surface area contributed by atoms with Crippen LogP contribution < -0.4 is 5.32 Å². The van der Waals surface area contributed by atoms with E-state index in [2.05, 4.69) is 32.2 Å². The minimum absolute atomic E-state index is 0.740. The summed E-state index contributed by atoms with van der Waals surface area (Å²) in [5.41, 5.74) is 1.76. The van der Waals surface area contributed by atoms with Crippen molar-refractivity contribution < 1.29 is 0 Å². The Morgan fingerprint density at radius 3 is 2.78 bits per heavy atom. The molecule has 0 aliphatic carbocycles. The summed E-state index contributed by atoms with van der Waals surface area (Å²) in [7, 11) is 0. The van der Waals surface area contributed by atoms with Gasteiger partial charge in [-0.1, -0.05) is 26.8 Å². The van der Waals surface area contributed by atoms with Gasteiger partial charge in [-0.3, -0.25) is 0 Å². The first-order valence-corrected chi connectivity index (χ1v) is 7.57. The van der Waals surface area contributed by atoms with Crippen molar-refractivity contribution in [1.82, 2.24) is 0 Å². The average Bonchev–Trinajstić information content (AvgIpc) is 2.35. The lowest BCUT2D eigenvalue weighted by Crippen LogP contribution is -2.05. The van der Waals surface area contributed by atoms with Crippen LogP contribution in [0.2, 0.25) is 0 Å². The molecule has 98 valence electrons. The van der Waals surface area contributed by atoms with Gasteiger partial charge in [0.1, 0.15) is 6.07 Å². The van der Waals surface area contributed by atoms with E-state index in [1.165, 1.54) is 6.42 Å². The lowest BCUT2D eigenvalue weighted by molar-refractivity contribution is 0.567. The first-order valence-electron chi connectivity index (χ1n) is 6.58. The molecule has 0 unspecified atom stereocenters. The maximum Gasteiger partial charge on any atom is 0.102 e. The van der Waals surface area contributed by atoms with Crippen molar-refractivity contribution in [2.24, 2.45) is 5.92 Å². The number of thioether (sulfide) groups is 1. The van der Waals surface area contributed by atoms with Crippen LogP contribution in [-0.2, 0) is 0 Å². The Morgan fingerprint density at radius 1 is 1.39 bits per heavy atom. The molecule has 0 spiro atoms. The zero-order chi connectivity index (χ0) is 13.4. The molecule has 1 aromatic carbocycles. The molecule has 0 fully saturated rings. The number of rotatable bonds is 7. The van der Waals surface area contributed by atoms with Crippen LogP contribution in [0.3, 0.4) is 0 Å². The third-order valence-electron chi connectivity index (χ3n) is 2.71. The SMILES string of the molecule is CCSc1cccc(NCCCC(C)C)c1C#N. The van der Waals surface area contributed by atoms with Gasteiger partial charge in [0.15, 0.2) is 0 Å². The highest BCUT2D eigenvalue weighted by Gasteiger charge is 2.07. The monoisotopic (exact) mass is 262 g/mol. The number of benzene rings is 1. The van der Waals surface area contributed by atoms with Crippen LogP contribution in [0.1, 0.15) is 39.2 Å². The maximum absolute atomic E-state index is 9.27. The molecule has 2 nitrogen and oxygen atoms in total. The van der Waals surface area contributed by atoms with E-state index in [1.54, 1.807) is 11.8 Å². The fourth-order valence-corrected chi connectivity index (χ4v) is 2.59. The number of hydrogen-bond acceptors (Lipinski definition) is 3. The van der Waals surface area contributed by atoms with Crippen LogP contribution in [0.5, 0.6) is 0 Å². The predicted molar refractivity (Wildman–Crippen MR) is 80.1 cm³/mol. The summed E-state index contributed by atoms with van der Waals surface area (Å²) >= 11 is 1.72. The van der Waals surface area contributed by atoms with Gasteiger partial charge in [0.2, 0.25) is 0 Å². The Hall–Kier alpha value is -1.14. The summed E-state index contributed by atoms with van der Waals surface area (Å²) < 4.78 is 0. The number of nitrogens with one attached hydrogen (secondary N) is 1. The first kappa shape index (κ1) is 14.9. The zero-order valence-electron chi connectivity index (χ0n) is 11.5. The zero-order valence-corrected chi connectivity index (χ0v) is 12.3. The normalized spacial score (nSPS) is 10.4. The van der Waals surface area contributed by atoms with E-state index in [9.17, 15) is 5.26 Å². The summed E-state index contributed by atoms with van der Waals surface area (Å²) in [6.45, 7) is 7.51. The topological polar surface area (TPSA) is 35.8 Å². The second kappa shape index (κ2) is 8.05. The van der Waals surface area contributed by atoms with Crippen LogP contribution in [0.25, 0.3) is 0 Å². The molecule has 0 aromatic heterocycles. The summed E-state index contributed by atoms with van der Waals surface area (Å²) in [5.74, 6) is 1.73. The van der Waals surface area contributed by atoms with E-state index in [1.807, 2.05) is 18.2 Å². The molecule has 3 heteroatoms. The van der Waals surface area contributed by atoms with Crippen molar-refractivity contribution in [3.63, 3.8) is 0 Å². The molecular weight excluding hydrogens is 240 g/mol. The minimum atomic E-state index is 0.740. The molecule has 0 saturated carbocycles. The number of nitriles is 1. The van der Waals surface area contributed by atoms with E-state index >= 15 is 0 Å². The van der Waals surface area contributed by atoms with Gasteiger partial charge in [0.25, 0.3) is 0 Å². The molecule has 0 radical (unpaired) electrons. The Bertz CT molecular complexity index is 407. The molecule has 0 saturated heterocycles. The highest BCUT2D eigenvalue weighted by Crippen LogP contribution is 2.27. The summed E-state index contributed by atoms with van der Waals surface area (Å²) in [6.07, 6.45) is 2.37. The number of hydrogen-bond donors (Lipinski definition) is 1.